The highest BCUT2D eigenvalue weighted by Crippen LogP contribution is 2.16. The maximum atomic E-state index is 5.92. The molecule has 72 valence electrons. The molecule has 0 aliphatic carbocycles. The van der Waals surface area contributed by atoms with Crippen LogP contribution in [-0.2, 0) is 6.42 Å². The van der Waals surface area contributed by atoms with Gasteiger partial charge in [0.1, 0.15) is 0 Å². The van der Waals surface area contributed by atoms with Gasteiger partial charge in [0.05, 0.1) is 0 Å². The van der Waals surface area contributed by atoms with Crippen molar-refractivity contribution in [2.75, 3.05) is 0 Å². The van der Waals surface area contributed by atoms with Crippen molar-refractivity contribution < 1.29 is 0 Å². The number of hydrogen-bond acceptors (Lipinski definition) is 0. The predicted molar refractivity (Wildman–Crippen MR) is 59.6 cm³/mol. The summed E-state index contributed by atoms with van der Waals surface area (Å²) in [6, 6.07) is 6.47. The number of halogens is 1. The van der Waals surface area contributed by atoms with Crippen LogP contribution in [0.15, 0.2) is 18.2 Å². The van der Waals surface area contributed by atoms with Gasteiger partial charge >= 0.3 is 0 Å². The lowest BCUT2D eigenvalue weighted by Crippen LogP contribution is -1.97. The Bertz CT molecular complexity index is 276. The Kier molecular flexibility index (Phi) is 3.80. The first-order chi connectivity index (χ1) is 6.11. The third kappa shape index (κ3) is 3.04. The Morgan fingerprint density at radius 2 is 2.00 bits per heavy atom. The SMILES string of the molecule is Cc1cccc(CCC(C)Cl)c1C. The Hall–Kier alpha value is -0.490. The summed E-state index contributed by atoms with van der Waals surface area (Å²) in [6.07, 6.45) is 2.16. The fraction of sp³-hybridized carbons (Fsp3) is 0.500. The fourth-order valence-corrected chi connectivity index (χ4v) is 1.55. The summed E-state index contributed by atoms with van der Waals surface area (Å²) in [5, 5.41) is 0.278. The highest BCUT2D eigenvalue weighted by Gasteiger charge is 2.02. The van der Waals surface area contributed by atoms with Crippen LogP contribution >= 0.6 is 11.6 Å². The van der Waals surface area contributed by atoms with Gasteiger partial charge in [-0.05, 0) is 50.3 Å². The Balaban J connectivity index is 2.71. The van der Waals surface area contributed by atoms with E-state index in [2.05, 4.69) is 32.0 Å². The zero-order valence-electron chi connectivity index (χ0n) is 8.60. The van der Waals surface area contributed by atoms with E-state index >= 15 is 0 Å². The Morgan fingerprint density at radius 1 is 1.31 bits per heavy atom. The van der Waals surface area contributed by atoms with E-state index in [1.807, 2.05) is 6.92 Å². The van der Waals surface area contributed by atoms with Crippen molar-refractivity contribution in [3.63, 3.8) is 0 Å². The van der Waals surface area contributed by atoms with Crippen LogP contribution in [0.2, 0.25) is 0 Å². The summed E-state index contributed by atoms with van der Waals surface area (Å²) in [5.74, 6) is 0. The van der Waals surface area contributed by atoms with Crippen molar-refractivity contribution in [3.05, 3.63) is 34.9 Å². The summed E-state index contributed by atoms with van der Waals surface area (Å²) in [7, 11) is 0. The number of aryl methyl sites for hydroxylation is 2. The van der Waals surface area contributed by atoms with Crippen molar-refractivity contribution in [1.82, 2.24) is 0 Å². The van der Waals surface area contributed by atoms with E-state index in [1.54, 1.807) is 0 Å². The molecule has 0 aliphatic heterocycles. The van der Waals surface area contributed by atoms with Crippen LogP contribution in [0.3, 0.4) is 0 Å². The van der Waals surface area contributed by atoms with Crippen molar-refractivity contribution in [1.29, 1.82) is 0 Å². The van der Waals surface area contributed by atoms with Crippen LogP contribution < -0.4 is 0 Å². The molecule has 1 aromatic rings. The van der Waals surface area contributed by atoms with Crippen LogP contribution in [0.5, 0.6) is 0 Å². The summed E-state index contributed by atoms with van der Waals surface area (Å²) < 4.78 is 0. The average molecular weight is 197 g/mol. The number of hydrogen-bond donors (Lipinski definition) is 0. The lowest BCUT2D eigenvalue weighted by molar-refractivity contribution is 0.798. The van der Waals surface area contributed by atoms with E-state index < -0.39 is 0 Å². The van der Waals surface area contributed by atoms with Gasteiger partial charge in [-0.15, -0.1) is 11.6 Å². The molecule has 0 N–H and O–H groups in total. The molecule has 0 saturated carbocycles. The summed E-state index contributed by atoms with van der Waals surface area (Å²) in [6.45, 7) is 6.39. The Labute approximate surface area is 85.9 Å². The second-order valence-corrected chi connectivity index (χ2v) is 4.42. The van der Waals surface area contributed by atoms with Crippen molar-refractivity contribution >= 4 is 11.6 Å². The molecule has 0 saturated heterocycles. The second-order valence-electron chi connectivity index (χ2n) is 3.68. The topological polar surface area (TPSA) is 0 Å². The Morgan fingerprint density at radius 3 is 2.62 bits per heavy atom. The molecule has 0 amide bonds. The zero-order chi connectivity index (χ0) is 9.84. The van der Waals surface area contributed by atoms with Crippen LogP contribution in [0.25, 0.3) is 0 Å². The molecule has 1 rings (SSSR count). The third-order valence-electron chi connectivity index (χ3n) is 2.53. The molecule has 0 bridgehead atoms. The first-order valence-electron chi connectivity index (χ1n) is 4.80. The minimum Gasteiger partial charge on any atom is -0.123 e. The zero-order valence-corrected chi connectivity index (χ0v) is 9.36. The van der Waals surface area contributed by atoms with Gasteiger partial charge in [-0.1, -0.05) is 18.2 Å². The van der Waals surface area contributed by atoms with Crippen molar-refractivity contribution in [2.24, 2.45) is 0 Å². The molecule has 0 aliphatic rings. The maximum absolute atomic E-state index is 5.92. The standard InChI is InChI=1S/C12H17Cl/c1-9-5-4-6-12(11(9)3)8-7-10(2)13/h4-6,10H,7-8H2,1-3H3. The van der Waals surface area contributed by atoms with Gasteiger partial charge in [0.25, 0.3) is 0 Å². The molecule has 0 radical (unpaired) electrons. The lowest BCUT2D eigenvalue weighted by atomic mass is 9.99. The summed E-state index contributed by atoms with van der Waals surface area (Å²) in [4.78, 5) is 0. The van der Waals surface area contributed by atoms with Gasteiger partial charge in [-0.2, -0.15) is 0 Å². The van der Waals surface area contributed by atoms with Crippen molar-refractivity contribution in [2.45, 2.75) is 39.0 Å². The molecule has 0 spiro atoms. The van der Waals surface area contributed by atoms with E-state index in [0.29, 0.717) is 0 Å². The molecule has 1 atom stereocenters. The molecule has 1 aromatic carbocycles. The van der Waals surface area contributed by atoms with Gasteiger partial charge in [-0.3, -0.25) is 0 Å². The highest BCUT2D eigenvalue weighted by atomic mass is 35.5. The lowest BCUT2D eigenvalue weighted by Gasteiger charge is -2.08. The van der Waals surface area contributed by atoms with E-state index in [9.17, 15) is 0 Å². The normalized spacial score (nSPS) is 12.9. The molecule has 1 heteroatoms. The molecule has 0 fully saturated rings. The first-order valence-corrected chi connectivity index (χ1v) is 5.24. The third-order valence-corrected chi connectivity index (χ3v) is 2.75. The number of alkyl halides is 1. The highest BCUT2D eigenvalue weighted by molar-refractivity contribution is 6.20. The van der Waals surface area contributed by atoms with E-state index in [4.69, 9.17) is 11.6 Å². The van der Waals surface area contributed by atoms with Gasteiger partial charge in [-0.25, -0.2) is 0 Å². The quantitative estimate of drug-likeness (QED) is 0.644. The van der Waals surface area contributed by atoms with E-state index in [-0.39, 0.29) is 5.38 Å². The van der Waals surface area contributed by atoms with Crippen LogP contribution in [-0.4, -0.2) is 5.38 Å². The minimum atomic E-state index is 0.278. The summed E-state index contributed by atoms with van der Waals surface area (Å²) in [5.41, 5.74) is 4.23. The maximum Gasteiger partial charge on any atom is 0.0311 e. The molecule has 1 unspecified atom stereocenters. The van der Waals surface area contributed by atoms with E-state index in [1.165, 1.54) is 16.7 Å². The van der Waals surface area contributed by atoms with Gasteiger partial charge in [0.2, 0.25) is 0 Å². The average Bonchev–Trinajstić information content (AvgIpc) is 2.07. The summed E-state index contributed by atoms with van der Waals surface area (Å²) >= 11 is 5.92. The van der Waals surface area contributed by atoms with Crippen LogP contribution in [0.1, 0.15) is 30.0 Å². The van der Waals surface area contributed by atoms with E-state index in [0.717, 1.165) is 12.8 Å². The predicted octanol–water partition coefficient (Wildman–Crippen LogP) is 3.86. The number of benzene rings is 1. The van der Waals surface area contributed by atoms with Gasteiger partial charge in [0.15, 0.2) is 0 Å². The minimum absolute atomic E-state index is 0.278. The smallest absolute Gasteiger partial charge is 0.0311 e. The molecule has 0 heterocycles. The van der Waals surface area contributed by atoms with Crippen molar-refractivity contribution in [3.8, 4) is 0 Å². The molecular formula is C12H17Cl. The molecule has 13 heavy (non-hydrogen) atoms. The van der Waals surface area contributed by atoms with Crippen LogP contribution in [0, 0.1) is 13.8 Å². The monoisotopic (exact) mass is 196 g/mol. The van der Waals surface area contributed by atoms with Gasteiger partial charge < -0.3 is 0 Å². The molecule has 0 nitrogen and oxygen atoms in total. The number of rotatable bonds is 3. The molecular weight excluding hydrogens is 180 g/mol. The first kappa shape index (κ1) is 10.6. The van der Waals surface area contributed by atoms with Gasteiger partial charge in [0, 0.05) is 5.38 Å². The molecule has 0 aromatic heterocycles. The fourth-order valence-electron chi connectivity index (χ4n) is 1.44. The second kappa shape index (κ2) is 4.66. The van der Waals surface area contributed by atoms with Crippen LogP contribution in [0.4, 0.5) is 0 Å². The largest absolute Gasteiger partial charge is 0.123 e.